The lowest BCUT2D eigenvalue weighted by atomic mass is 9.68. The summed E-state index contributed by atoms with van der Waals surface area (Å²) in [5.41, 5.74) is 6.60. The van der Waals surface area contributed by atoms with Gasteiger partial charge in [-0.2, -0.15) is 0 Å². The van der Waals surface area contributed by atoms with Gasteiger partial charge in [0.1, 0.15) is 16.9 Å². The summed E-state index contributed by atoms with van der Waals surface area (Å²) in [6, 6.07) is 30.8. The van der Waals surface area contributed by atoms with Crippen molar-refractivity contribution >= 4 is 17.5 Å². The van der Waals surface area contributed by atoms with E-state index >= 15 is 0 Å². The molecular formula is C40H44N4O3. The molecule has 0 spiro atoms. The maximum Gasteiger partial charge on any atom is 0.254 e. The lowest BCUT2D eigenvalue weighted by Gasteiger charge is -2.39. The van der Waals surface area contributed by atoms with Gasteiger partial charge in [0, 0.05) is 68.2 Å². The molecule has 1 fully saturated rings. The van der Waals surface area contributed by atoms with Crippen molar-refractivity contribution in [3.63, 3.8) is 0 Å². The summed E-state index contributed by atoms with van der Waals surface area (Å²) in [6.45, 7) is 10.8. The minimum Gasteiger partial charge on any atom is -0.457 e. The third-order valence-corrected chi connectivity index (χ3v) is 10.1. The molecule has 0 aliphatic carbocycles. The van der Waals surface area contributed by atoms with Crippen LogP contribution < -0.4 is 15.0 Å². The summed E-state index contributed by atoms with van der Waals surface area (Å²) in [6.07, 6.45) is 2.66. The predicted molar refractivity (Wildman–Crippen MR) is 186 cm³/mol. The van der Waals surface area contributed by atoms with Crippen LogP contribution in [0.2, 0.25) is 0 Å². The molecule has 7 heteroatoms. The van der Waals surface area contributed by atoms with E-state index in [-0.39, 0.29) is 11.8 Å². The van der Waals surface area contributed by atoms with Crippen LogP contribution in [-0.4, -0.2) is 60.9 Å². The van der Waals surface area contributed by atoms with Crippen molar-refractivity contribution in [2.75, 3.05) is 44.2 Å². The SMILES string of the molecule is CCNC(=O)C1(CCCCN2CCN(c3ccc4c(c3)C(=O)N(Cc3cccc(C)c3)C4)CC2)c2ccccc2Oc2ccccc21. The van der Waals surface area contributed by atoms with Crippen LogP contribution in [0, 0.1) is 6.92 Å². The topological polar surface area (TPSA) is 65.1 Å². The Morgan fingerprint density at radius 2 is 1.57 bits per heavy atom. The van der Waals surface area contributed by atoms with Gasteiger partial charge in [-0.25, -0.2) is 0 Å². The number of nitrogens with one attached hydrogen (secondary N) is 1. The van der Waals surface area contributed by atoms with Crippen molar-refractivity contribution in [2.24, 2.45) is 0 Å². The highest BCUT2D eigenvalue weighted by Crippen LogP contribution is 2.50. The number of para-hydroxylation sites is 2. The standard InChI is InChI=1S/C40H44N4O3/c1-3-41-39(46)40(34-13-4-6-15-36(34)47-37-16-7-5-14-35(37)40)19-8-9-20-42-21-23-43(24-22-42)32-18-17-31-28-44(38(45)33(31)26-32)27-30-12-10-11-29(2)25-30/h4-7,10-18,25-26H,3,8-9,19-24,27-28H2,1-2H3,(H,41,46). The number of fused-ring (bicyclic) bond motifs is 3. The average Bonchev–Trinajstić information content (AvgIpc) is 3.40. The lowest BCUT2D eigenvalue weighted by Crippen LogP contribution is -2.47. The highest BCUT2D eigenvalue weighted by molar-refractivity contribution is 5.99. The molecule has 0 saturated carbocycles. The molecule has 1 N–H and O–H groups in total. The number of likely N-dealkylation sites (N-methyl/N-ethyl adjacent to an activating group) is 1. The van der Waals surface area contributed by atoms with Gasteiger partial charge in [-0.05, 0) is 68.6 Å². The fourth-order valence-electron chi connectivity index (χ4n) is 7.68. The van der Waals surface area contributed by atoms with E-state index in [1.54, 1.807) is 0 Å². The van der Waals surface area contributed by atoms with Gasteiger partial charge in [-0.3, -0.25) is 14.5 Å². The zero-order chi connectivity index (χ0) is 32.4. The number of amides is 2. The summed E-state index contributed by atoms with van der Waals surface area (Å²) in [4.78, 5) is 34.1. The largest absolute Gasteiger partial charge is 0.457 e. The number of unbranched alkanes of at least 4 members (excludes halogenated alkanes) is 1. The van der Waals surface area contributed by atoms with Gasteiger partial charge in [-0.1, -0.05) is 78.7 Å². The van der Waals surface area contributed by atoms with Gasteiger partial charge < -0.3 is 19.9 Å². The summed E-state index contributed by atoms with van der Waals surface area (Å²) in [7, 11) is 0. The Morgan fingerprint density at radius 3 is 2.28 bits per heavy atom. The number of hydrogen-bond donors (Lipinski definition) is 1. The molecular weight excluding hydrogens is 584 g/mol. The van der Waals surface area contributed by atoms with Gasteiger partial charge >= 0.3 is 0 Å². The second kappa shape index (κ2) is 13.2. The van der Waals surface area contributed by atoms with Crippen molar-refractivity contribution in [1.82, 2.24) is 15.1 Å². The Bertz CT molecular complexity index is 1730. The van der Waals surface area contributed by atoms with E-state index in [4.69, 9.17) is 4.74 Å². The van der Waals surface area contributed by atoms with Crippen LogP contribution in [-0.2, 0) is 23.3 Å². The molecule has 4 aromatic rings. The molecule has 0 bridgehead atoms. The summed E-state index contributed by atoms with van der Waals surface area (Å²) >= 11 is 0. The monoisotopic (exact) mass is 628 g/mol. The molecule has 7 rings (SSSR count). The molecule has 0 aromatic heterocycles. The molecule has 3 aliphatic rings. The lowest BCUT2D eigenvalue weighted by molar-refractivity contribution is -0.125. The van der Waals surface area contributed by atoms with Crippen LogP contribution in [0.15, 0.2) is 91.0 Å². The number of benzene rings is 4. The summed E-state index contributed by atoms with van der Waals surface area (Å²) in [5, 5.41) is 3.15. The molecule has 4 aromatic carbocycles. The third kappa shape index (κ3) is 6.00. The number of rotatable bonds is 10. The van der Waals surface area contributed by atoms with Gasteiger partial charge in [0.2, 0.25) is 5.91 Å². The molecule has 2 amide bonds. The molecule has 47 heavy (non-hydrogen) atoms. The molecule has 1 saturated heterocycles. The van der Waals surface area contributed by atoms with E-state index in [9.17, 15) is 9.59 Å². The Kier molecular flexibility index (Phi) is 8.74. The third-order valence-electron chi connectivity index (χ3n) is 10.1. The Balaban J connectivity index is 0.961. The first kappa shape index (κ1) is 31.0. The van der Waals surface area contributed by atoms with Gasteiger partial charge in [-0.15, -0.1) is 0 Å². The molecule has 0 radical (unpaired) electrons. The minimum absolute atomic E-state index is 0.0444. The van der Waals surface area contributed by atoms with E-state index in [0.29, 0.717) is 19.6 Å². The van der Waals surface area contributed by atoms with Gasteiger partial charge in [0.15, 0.2) is 0 Å². The van der Waals surface area contributed by atoms with E-state index in [1.165, 1.54) is 11.1 Å². The van der Waals surface area contributed by atoms with Gasteiger partial charge in [0.25, 0.3) is 5.91 Å². The normalized spacial score (nSPS) is 16.7. The number of anilines is 1. The second-order valence-electron chi connectivity index (χ2n) is 13.1. The maximum absolute atomic E-state index is 13.9. The van der Waals surface area contributed by atoms with Crippen molar-refractivity contribution in [3.8, 4) is 11.5 Å². The first-order valence-electron chi connectivity index (χ1n) is 17.1. The number of hydrogen-bond acceptors (Lipinski definition) is 5. The highest BCUT2D eigenvalue weighted by Gasteiger charge is 2.47. The van der Waals surface area contributed by atoms with Crippen molar-refractivity contribution in [1.29, 1.82) is 0 Å². The van der Waals surface area contributed by atoms with Crippen LogP contribution in [0.3, 0.4) is 0 Å². The maximum atomic E-state index is 13.9. The first-order valence-corrected chi connectivity index (χ1v) is 17.1. The van der Waals surface area contributed by atoms with E-state index in [2.05, 4.69) is 64.5 Å². The number of aryl methyl sites for hydroxylation is 1. The van der Waals surface area contributed by atoms with Crippen LogP contribution in [0.4, 0.5) is 5.69 Å². The number of carbonyl (C=O) groups excluding carboxylic acids is 2. The fraction of sp³-hybridized carbons (Fsp3) is 0.350. The van der Waals surface area contributed by atoms with E-state index in [1.807, 2.05) is 60.4 Å². The van der Waals surface area contributed by atoms with Crippen molar-refractivity contribution < 1.29 is 14.3 Å². The van der Waals surface area contributed by atoms with E-state index < -0.39 is 5.41 Å². The van der Waals surface area contributed by atoms with Crippen molar-refractivity contribution in [2.45, 2.75) is 51.6 Å². The Labute approximate surface area is 278 Å². The highest BCUT2D eigenvalue weighted by atomic mass is 16.5. The molecule has 242 valence electrons. The average molecular weight is 629 g/mol. The smallest absolute Gasteiger partial charge is 0.254 e. The molecule has 7 nitrogen and oxygen atoms in total. The van der Waals surface area contributed by atoms with Gasteiger partial charge in [0.05, 0.1) is 0 Å². The zero-order valence-electron chi connectivity index (χ0n) is 27.5. The number of piperazine rings is 1. The number of nitrogens with zero attached hydrogens (tertiary/aromatic N) is 3. The number of carbonyl (C=O) groups is 2. The van der Waals surface area contributed by atoms with Crippen LogP contribution in [0.1, 0.15) is 64.4 Å². The second-order valence-corrected chi connectivity index (χ2v) is 13.1. The molecule has 3 aliphatic heterocycles. The predicted octanol–water partition coefficient (Wildman–Crippen LogP) is 6.67. The zero-order valence-corrected chi connectivity index (χ0v) is 27.5. The Morgan fingerprint density at radius 1 is 0.851 bits per heavy atom. The molecule has 3 heterocycles. The minimum atomic E-state index is -0.777. The van der Waals surface area contributed by atoms with Crippen molar-refractivity contribution in [3.05, 3.63) is 124 Å². The van der Waals surface area contributed by atoms with E-state index in [0.717, 1.165) is 91.4 Å². The number of ether oxygens (including phenoxy) is 1. The quantitative estimate of drug-likeness (QED) is 0.199. The fourth-order valence-corrected chi connectivity index (χ4v) is 7.68. The van der Waals surface area contributed by atoms with Crippen LogP contribution >= 0.6 is 0 Å². The summed E-state index contributed by atoms with van der Waals surface area (Å²) in [5.74, 6) is 1.70. The molecule has 0 unspecified atom stereocenters. The first-order chi connectivity index (χ1) is 23.0. The summed E-state index contributed by atoms with van der Waals surface area (Å²) < 4.78 is 6.26. The van der Waals surface area contributed by atoms with Crippen LogP contribution in [0.25, 0.3) is 0 Å². The molecule has 0 atom stereocenters. The van der Waals surface area contributed by atoms with Crippen LogP contribution in [0.5, 0.6) is 11.5 Å². The Hall–Kier alpha value is -4.62.